The molecule has 0 aromatic heterocycles. The number of nitrogens with one attached hydrogen (secondary N) is 1. The number of aliphatic carboxylic acids is 1. The molecule has 1 amide bonds. The van der Waals surface area contributed by atoms with Crippen molar-refractivity contribution in [2.24, 2.45) is 5.92 Å². The maximum atomic E-state index is 13.0. The van der Waals surface area contributed by atoms with Crippen LogP contribution in [-0.2, 0) is 22.4 Å². The molecule has 0 bridgehead atoms. The van der Waals surface area contributed by atoms with Gasteiger partial charge < -0.3 is 10.4 Å². The van der Waals surface area contributed by atoms with Crippen molar-refractivity contribution in [3.8, 4) is 0 Å². The zero-order chi connectivity index (χ0) is 18.4. The van der Waals surface area contributed by atoms with Gasteiger partial charge in [-0.3, -0.25) is 9.59 Å². The van der Waals surface area contributed by atoms with Crippen molar-refractivity contribution >= 4 is 23.5 Å². The first kappa shape index (κ1) is 18.9. The summed E-state index contributed by atoms with van der Waals surface area (Å²) in [7, 11) is 0. The Labute approximate surface area is 150 Å². The molecule has 0 spiro atoms. The van der Waals surface area contributed by atoms with Crippen LogP contribution in [-0.4, -0.2) is 23.5 Å². The van der Waals surface area contributed by atoms with Crippen LogP contribution in [0.5, 0.6) is 0 Å². The summed E-state index contributed by atoms with van der Waals surface area (Å²) >= 11 is 5.89. The number of carboxylic acids is 1. The number of benzene rings is 2. The van der Waals surface area contributed by atoms with Gasteiger partial charge in [-0.05, 0) is 36.6 Å². The molecule has 0 aliphatic heterocycles. The molecule has 0 heterocycles. The van der Waals surface area contributed by atoms with Crippen molar-refractivity contribution < 1.29 is 19.1 Å². The van der Waals surface area contributed by atoms with Gasteiger partial charge in [-0.2, -0.15) is 0 Å². The maximum absolute atomic E-state index is 13.0. The molecule has 1 unspecified atom stereocenters. The molecule has 1 atom stereocenters. The van der Waals surface area contributed by atoms with E-state index in [-0.39, 0.29) is 23.9 Å². The third-order valence-corrected chi connectivity index (χ3v) is 4.18. The van der Waals surface area contributed by atoms with Crippen molar-refractivity contribution in [1.29, 1.82) is 0 Å². The Morgan fingerprint density at radius 1 is 1.24 bits per heavy atom. The number of halogens is 2. The first-order valence-corrected chi connectivity index (χ1v) is 8.22. The highest BCUT2D eigenvalue weighted by Crippen LogP contribution is 2.18. The first-order chi connectivity index (χ1) is 11.8. The van der Waals surface area contributed by atoms with Gasteiger partial charge in [0.1, 0.15) is 5.82 Å². The van der Waals surface area contributed by atoms with Crippen LogP contribution in [0.15, 0.2) is 42.5 Å². The molecule has 4 nitrogen and oxygen atoms in total. The summed E-state index contributed by atoms with van der Waals surface area (Å²) in [6.45, 7) is 1.95. The van der Waals surface area contributed by atoms with Crippen LogP contribution in [0.4, 0.5) is 4.39 Å². The van der Waals surface area contributed by atoms with Gasteiger partial charge in [0.05, 0.1) is 12.3 Å². The van der Waals surface area contributed by atoms with Gasteiger partial charge in [-0.1, -0.05) is 47.5 Å². The molecule has 0 fully saturated rings. The van der Waals surface area contributed by atoms with Gasteiger partial charge in [0.15, 0.2) is 0 Å². The molecule has 2 rings (SSSR count). The molecule has 25 heavy (non-hydrogen) atoms. The molecule has 0 saturated carbocycles. The quantitative estimate of drug-likeness (QED) is 0.792. The Balaban J connectivity index is 1.94. The Morgan fingerprint density at radius 2 is 2.00 bits per heavy atom. The Kier molecular flexibility index (Phi) is 6.53. The van der Waals surface area contributed by atoms with Gasteiger partial charge in [-0.25, -0.2) is 4.39 Å². The normalized spacial score (nSPS) is 11.8. The van der Waals surface area contributed by atoms with Gasteiger partial charge in [-0.15, -0.1) is 0 Å². The van der Waals surface area contributed by atoms with Crippen LogP contribution >= 0.6 is 11.6 Å². The van der Waals surface area contributed by atoms with E-state index in [4.69, 9.17) is 11.6 Å². The maximum Gasteiger partial charge on any atom is 0.308 e. The van der Waals surface area contributed by atoms with E-state index in [0.29, 0.717) is 12.0 Å². The predicted octanol–water partition coefficient (Wildman–Crippen LogP) is 3.39. The van der Waals surface area contributed by atoms with Gasteiger partial charge in [0.25, 0.3) is 0 Å². The summed E-state index contributed by atoms with van der Waals surface area (Å²) in [5.74, 6) is -2.53. The van der Waals surface area contributed by atoms with Crippen LogP contribution in [0.25, 0.3) is 0 Å². The molecule has 2 aromatic carbocycles. The minimum Gasteiger partial charge on any atom is -0.481 e. The monoisotopic (exact) mass is 363 g/mol. The number of carbonyl (C=O) groups excluding carboxylic acids is 1. The van der Waals surface area contributed by atoms with E-state index in [2.05, 4.69) is 5.32 Å². The molecule has 2 aromatic rings. The number of rotatable bonds is 7. The van der Waals surface area contributed by atoms with Crippen molar-refractivity contribution in [1.82, 2.24) is 5.32 Å². The Morgan fingerprint density at radius 3 is 2.64 bits per heavy atom. The highest BCUT2D eigenvalue weighted by Gasteiger charge is 2.19. The van der Waals surface area contributed by atoms with Crippen LogP contribution in [0, 0.1) is 18.7 Å². The standard InChI is InChI=1S/C19H19ClFNO3/c1-12-3-2-4-13(7-12)8-15(19(24)25)11-22-18(23)9-14-5-6-16(21)10-17(14)20/h2-7,10,15H,8-9,11H2,1H3,(H,22,23)(H,24,25). The zero-order valence-corrected chi connectivity index (χ0v) is 14.5. The van der Waals surface area contributed by atoms with Crippen molar-refractivity contribution in [2.75, 3.05) is 6.54 Å². The molecule has 2 N–H and O–H groups in total. The number of hydrogen-bond donors (Lipinski definition) is 2. The summed E-state index contributed by atoms with van der Waals surface area (Å²) in [5, 5.41) is 12.2. The number of carbonyl (C=O) groups is 2. The lowest BCUT2D eigenvalue weighted by molar-refractivity contribution is -0.141. The number of aryl methyl sites for hydroxylation is 1. The number of hydrogen-bond acceptors (Lipinski definition) is 2. The van der Waals surface area contributed by atoms with E-state index in [1.54, 1.807) is 0 Å². The SMILES string of the molecule is Cc1cccc(CC(CNC(=O)Cc2ccc(F)cc2Cl)C(=O)O)c1. The Hall–Kier alpha value is -2.40. The second kappa shape index (κ2) is 8.62. The van der Waals surface area contributed by atoms with E-state index in [9.17, 15) is 19.1 Å². The smallest absolute Gasteiger partial charge is 0.308 e. The second-order valence-electron chi connectivity index (χ2n) is 5.94. The van der Waals surface area contributed by atoms with Gasteiger partial charge >= 0.3 is 5.97 Å². The Bertz CT molecular complexity index is 779. The van der Waals surface area contributed by atoms with Crippen molar-refractivity contribution in [3.63, 3.8) is 0 Å². The molecule has 0 radical (unpaired) electrons. The molecule has 6 heteroatoms. The van der Waals surface area contributed by atoms with Crippen molar-refractivity contribution in [3.05, 3.63) is 70.0 Å². The minimum absolute atomic E-state index is 0.0148. The van der Waals surface area contributed by atoms with E-state index >= 15 is 0 Å². The molecule has 0 saturated heterocycles. The molecular weight excluding hydrogens is 345 g/mol. The highest BCUT2D eigenvalue weighted by molar-refractivity contribution is 6.31. The third kappa shape index (κ3) is 5.87. The topological polar surface area (TPSA) is 66.4 Å². The molecule has 0 aliphatic rings. The van der Waals surface area contributed by atoms with E-state index < -0.39 is 17.7 Å². The van der Waals surface area contributed by atoms with Gasteiger partial charge in [0.2, 0.25) is 5.91 Å². The summed E-state index contributed by atoms with van der Waals surface area (Å²) < 4.78 is 13.0. The first-order valence-electron chi connectivity index (χ1n) is 7.84. The number of amides is 1. The summed E-state index contributed by atoms with van der Waals surface area (Å²) in [6.07, 6.45) is 0.296. The average molecular weight is 364 g/mol. The lowest BCUT2D eigenvalue weighted by Crippen LogP contribution is -2.35. The lowest BCUT2D eigenvalue weighted by Gasteiger charge is -2.14. The number of carboxylic acid groups (broad SMARTS) is 1. The van der Waals surface area contributed by atoms with Crippen LogP contribution in [0.3, 0.4) is 0 Å². The van der Waals surface area contributed by atoms with Crippen LogP contribution in [0.2, 0.25) is 5.02 Å². The fourth-order valence-electron chi connectivity index (χ4n) is 2.51. The summed E-state index contributed by atoms with van der Waals surface area (Å²) in [6, 6.07) is 11.4. The van der Waals surface area contributed by atoms with Crippen molar-refractivity contribution in [2.45, 2.75) is 19.8 Å². The van der Waals surface area contributed by atoms with Crippen LogP contribution < -0.4 is 5.32 Å². The van der Waals surface area contributed by atoms with E-state index in [1.165, 1.54) is 12.1 Å². The fraction of sp³-hybridized carbons (Fsp3) is 0.263. The summed E-state index contributed by atoms with van der Waals surface area (Å²) in [4.78, 5) is 23.5. The largest absolute Gasteiger partial charge is 0.481 e. The van der Waals surface area contributed by atoms with Crippen LogP contribution in [0.1, 0.15) is 16.7 Å². The third-order valence-electron chi connectivity index (χ3n) is 3.83. The second-order valence-corrected chi connectivity index (χ2v) is 6.35. The fourth-order valence-corrected chi connectivity index (χ4v) is 2.74. The zero-order valence-electron chi connectivity index (χ0n) is 13.8. The van der Waals surface area contributed by atoms with E-state index in [1.807, 2.05) is 31.2 Å². The van der Waals surface area contributed by atoms with E-state index in [0.717, 1.165) is 17.2 Å². The highest BCUT2D eigenvalue weighted by atomic mass is 35.5. The minimum atomic E-state index is -0.971. The molecule has 0 aliphatic carbocycles. The summed E-state index contributed by atoms with van der Waals surface area (Å²) in [5.41, 5.74) is 2.45. The molecule has 132 valence electrons. The lowest BCUT2D eigenvalue weighted by atomic mass is 9.98. The molecular formula is C19H19ClFNO3. The average Bonchev–Trinajstić information content (AvgIpc) is 2.54. The predicted molar refractivity (Wildman–Crippen MR) is 94.1 cm³/mol. The van der Waals surface area contributed by atoms with Gasteiger partial charge in [0, 0.05) is 11.6 Å².